The van der Waals surface area contributed by atoms with Crippen molar-refractivity contribution in [1.29, 1.82) is 0 Å². The lowest BCUT2D eigenvalue weighted by Crippen LogP contribution is -2.39. The van der Waals surface area contributed by atoms with Gasteiger partial charge in [0.2, 0.25) is 0 Å². The molecule has 0 heterocycles. The highest BCUT2D eigenvalue weighted by atomic mass is 32.2. The van der Waals surface area contributed by atoms with Crippen LogP contribution in [0.1, 0.15) is 24.2 Å². The van der Waals surface area contributed by atoms with Crippen molar-refractivity contribution in [2.45, 2.75) is 24.8 Å². The van der Waals surface area contributed by atoms with Crippen LogP contribution >= 0.6 is 0 Å². The molecule has 0 fully saturated rings. The van der Waals surface area contributed by atoms with Crippen molar-refractivity contribution >= 4 is 27.6 Å². The normalized spacial score (nSPS) is 11.5. The summed E-state index contributed by atoms with van der Waals surface area (Å²) < 4.78 is 30.4. The van der Waals surface area contributed by atoms with Gasteiger partial charge in [0.1, 0.15) is 0 Å². The number of nitrogens with zero attached hydrogens (tertiary/aromatic N) is 2. The van der Waals surface area contributed by atoms with E-state index in [1.807, 2.05) is 32.0 Å². The summed E-state index contributed by atoms with van der Waals surface area (Å²) in [5.74, 6) is -1.19. The zero-order chi connectivity index (χ0) is 21.6. The zero-order valence-electron chi connectivity index (χ0n) is 16.7. The van der Waals surface area contributed by atoms with Gasteiger partial charge in [0.25, 0.3) is 15.9 Å². The summed E-state index contributed by atoms with van der Waals surface area (Å²) in [6.07, 6.45) is 0. The van der Waals surface area contributed by atoms with Gasteiger partial charge in [-0.05, 0) is 44.2 Å². The number of sulfonamides is 1. The molecule has 2 rings (SSSR count). The first-order chi connectivity index (χ1) is 13.7. The maximum Gasteiger partial charge on any atom is 0.338 e. The number of para-hydroxylation sites is 1. The average molecular weight is 420 g/mol. The van der Waals surface area contributed by atoms with Crippen molar-refractivity contribution in [1.82, 2.24) is 4.47 Å². The van der Waals surface area contributed by atoms with E-state index in [1.54, 1.807) is 12.1 Å². The van der Waals surface area contributed by atoms with E-state index >= 15 is 0 Å². The predicted molar refractivity (Wildman–Crippen MR) is 108 cm³/mol. The second-order valence-corrected chi connectivity index (χ2v) is 8.33. The Labute approximate surface area is 170 Å². The lowest BCUT2D eigenvalue weighted by molar-refractivity contribution is -0.122. The molecule has 0 aromatic heterocycles. The number of hydrogen-bond acceptors (Lipinski definition) is 6. The number of ether oxygens (including phenoxy) is 1. The van der Waals surface area contributed by atoms with Crippen molar-refractivity contribution < 1.29 is 27.6 Å². The summed E-state index contributed by atoms with van der Waals surface area (Å²) in [7, 11) is -1.45. The lowest BCUT2D eigenvalue weighted by atomic mass is 10.2. The average Bonchev–Trinajstić information content (AvgIpc) is 2.72. The minimum atomic E-state index is -3.91. The minimum Gasteiger partial charge on any atom is -0.452 e. The molecular weight excluding hydrogens is 396 g/mol. The molecule has 29 heavy (non-hydrogen) atoms. The van der Waals surface area contributed by atoms with Gasteiger partial charge in [-0.15, -0.1) is 0 Å². The smallest absolute Gasteiger partial charge is 0.338 e. The number of esters is 1. The fourth-order valence-corrected chi connectivity index (χ4v) is 3.65. The molecule has 0 radical (unpaired) electrons. The molecule has 0 spiro atoms. The Morgan fingerprint density at radius 1 is 1.03 bits per heavy atom. The van der Waals surface area contributed by atoms with Gasteiger partial charge in [0.15, 0.2) is 6.61 Å². The van der Waals surface area contributed by atoms with Gasteiger partial charge in [-0.2, -0.15) is 0 Å². The summed E-state index contributed by atoms with van der Waals surface area (Å²) in [6, 6.07) is 14.3. The van der Waals surface area contributed by atoms with E-state index in [4.69, 9.17) is 9.57 Å². The third-order valence-electron chi connectivity index (χ3n) is 4.11. The predicted octanol–water partition coefficient (Wildman–Crippen LogP) is 2.47. The first kappa shape index (κ1) is 22.5. The number of hydrogen-bond donors (Lipinski definition) is 0. The molecule has 0 saturated heterocycles. The molecule has 2 aromatic rings. The molecule has 0 aliphatic carbocycles. The van der Waals surface area contributed by atoms with E-state index in [0.29, 0.717) is 10.2 Å². The van der Waals surface area contributed by atoms with Crippen LogP contribution in [0.25, 0.3) is 0 Å². The molecule has 8 nitrogen and oxygen atoms in total. The molecule has 0 N–H and O–H groups in total. The zero-order valence-corrected chi connectivity index (χ0v) is 17.5. The van der Waals surface area contributed by atoms with Gasteiger partial charge in [0, 0.05) is 18.8 Å². The monoisotopic (exact) mass is 420 g/mol. The molecule has 9 heteroatoms. The summed E-state index contributed by atoms with van der Waals surface area (Å²) >= 11 is 0. The number of carbonyl (C=O) groups is 2. The van der Waals surface area contributed by atoms with E-state index in [0.717, 1.165) is 0 Å². The molecule has 1 amide bonds. The quantitative estimate of drug-likeness (QED) is 0.481. The van der Waals surface area contributed by atoms with E-state index in [2.05, 4.69) is 0 Å². The standard InChI is InChI=1S/C20H24N2O6S/c1-15(2)22(17-10-6-5-7-11-17)19(23)14-28-20(24)16-9-8-12-18(13-16)29(25,26)21(3)27-4/h5-13,15H,14H2,1-4H3. The van der Waals surface area contributed by atoms with Crippen LogP contribution in [0.2, 0.25) is 0 Å². The SMILES string of the molecule is CON(C)S(=O)(=O)c1cccc(C(=O)OCC(=O)N(c2ccccc2)C(C)C)c1. The number of rotatable bonds is 8. The Bertz CT molecular complexity index is 960. The molecule has 0 saturated carbocycles. The van der Waals surface area contributed by atoms with Crippen LogP contribution < -0.4 is 4.90 Å². The van der Waals surface area contributed by atoms with Crippen molar-refractivity contribution in [3.63, 3.8) is 0 Å². The fraction of sp³-hybridized carbons (Fsp3) is 0.300. The summed E-state index contributed by atoms with van der Waals surface area (Å²) in [5, 5.41) is 0. The number of anilines is 1. The van der Waals surface area contributed by atoms with Crippen LogP contribution in [0.4, 0.5) is 5.69 Å². The van der Waals surface area contributed by atoms with Gasteiger partial charge in [0.05, 0.1) is 17.6 Å². The summed E-state index contributed by atoms with van der Waals surface area (Å²) in [5.41, 5.74) is 0.707. The molecule has 0 unspecified atom stereocenters. The Kier molecular flexibility index (Phi) is 7.49. The van der Waals surface area contributed by atoms with Gasteiger partial charge in [-0.3, -0.25) is 9.63 Å². The van der Waals surface area contributed by atoms with E-state index < -0.39 is 22.6 Å². The van der Waals surface area contributed by atoms with Gasteiger partial charge >= 0.3 is 5.97 Å². The molecule has 0 bridgehead atoms. The number of hydroxylamine groups is 1. The van der Waals surface area contributed by atoms with E-state index in [-0.39, 0.29) is 22.4 Å². The fourth-order valence-electron chi connectivity index (χ4n) is 2.63. The highest BCUT2D eigenvalue weighted by Gasteiger charge is 2.24. The largest absolute Gasteiger partial charge is 0.452 e. The van der Waals surface area contributed by atoms with Crippen molar-refractivity contribution in [3.05, 3.63) is 60.2 Å². The highest BCUT2D eigenvalue weighted by Crippen LogP contribution is 2.18. The molecule has 0 aliphatic heterocycles. The second kappa shape index (κ2) is 9.64. The van der Waals surface area contributed by atoms with Crippen LogP contribution in [0.5, 0.6) is 0 Å². The van der Waals surface area contributed by atoms with E-state index in [1.165, 1.54) is 43.3 Å². The topological polar surface area (TPSA) is 93.2 Å². The van der Waals surface area contributed by atoms with Crippen LogP contribution in [0, 0.1) is 0 Å². The third-order valence-corrected chi connectivity index (χ3v) is 5.79. The van der Waals surface area contributed by atoms with E-state index in [9.17, 15) is 18.0 Å². The van der Waals surface area contributed by atoms with Gasteiger partial charge in [-0.25, -0.2) is 13.2 Å². The van der Waals surface area contributed by atoms with Crippen LogP contribution in [0.3, 0.4) is 0 Å². The molecule has 0 aliphatic rings. The molecular formula is C20H24N2O6S. The van der Waals surface area contributed by atoms with Gasteiger partial charge in [-0.1, -0.05) is 28.7 Å². The molecule has 156 valence electrons. The second-order valence-electron chi connectivity index (χ2n) is 6.39. The highest BCUT2D eigenvalue weighted by molar-refractivity contribution is 7.89. The Morgan fingerprint density at radius 3 is 2.28 bits per heavy atom. The minimum absolute atomic E-state index is 0.0131. The molecule has 0 atom stereocenters. The maximum absolute atomic E-state index is 12.6. The first-order valence-corrected chi connectivity index (χ1v) is 10.3. The Balaban J connectivity index is 2.13. The Morgan fingerprint density at radius 2 is 1.69 bits per heavy atom. The lowest BCUT2D eigenvalue weighted by Gasteiger charge is -2.26. The first-order valence-electron chi connectivity index (χ1n) is 8.85. The van der Waals surface area contributed by atoms with Crippen LogP contribution in [0.15, 0.2) is 59.5 Å². The van der Waals surface area contributed by atoms with Crippen molar-refractivity contribution in [3.8, 4) is 0 Å². The third kappa shape index (κ3) is 5.41. The van der Waals surface area contributed by atoms with Crippen LogP contribution in [-0.2, 0) is 24.4 Å². The van der Waals surface area contributed by atoms with Crippen molar-refractivity contribution in [2.24, 2.45) is 0 Å². The number of carbonyl (C=O) groups excluding carboxylic acids is 2. The van der Waals surface area contributed by atoms with Crippen molar-refractivity contribution in [2.75, 3.05) is 25.7 Å². The number of benzene rings is 2. The Hall–Kier alpha value is -2.75. The summed E-state index contributed by atoms with van der Waals surface area (Å²) in [6.45, 7) is 3.24. The van der Waals surface area contributed by atoms with Crippen LogP contribution in [-0.4, -0.2) is 51.6 Å². The maximum atomic E-state index is 12.6. The number of amides is 1. The molecule has 2 aromatic carbocycles. The van der Waals surface area contributed by atoms with Gasteiger partial charge < -0.3 is 9.64 Å². The summed E-state index contributed by atoms with van der Waals surface area (Å²) in [4.78, 5) is 31.1.